The van der Waals surface area contributed by atoms with Gasteiger partial charge >= 0.3 is 0 Å². The van der Waals surface area contributed by atoms with Crippen LogP contribution in [0.3, 0.4) is 0 Å². The zero-order valence-electron chi connectivity index (χ0n) is 9.20. The second kappa shape index (κ2) is 5.79. The van der Waals surface area contributed by atoms with Gasteiger partial charge in [-0.25, -0.2) is 0 Å². The molecule has 0 heterocycles. The van der Waals surface area contributed by atoms with Crippen molar-refractivity contribution in [2.75, 3.05) is 0 Å². The molecule has 0 bridgehead atoms. The summed E-state index contributed by atoms with van der Waals surface area (Å²) < 4.78 is 0. The topological polar surface area (TPSA) is 17.1 Å². The molecule has 0 unspecified atom stereocenters. The van der Waals surface area contributed by atoms with E-state index in [2.05, 4.69) is 32.1 Å². The van der Waals surface area contributed by atoms with E-state index in [9.17, 15) is 4.79 Å². The summed E-state index contributed by atoms with van der Waals surface area (Å²) in [6.45, 7) is 4.38. The molecule has 0 radical (unpaired) electrons. The third-order valence-corrected chi connectivity index (χ3v) is 2.64. The van der Waals surface area contributed by atoms with Crippen LogP contribution in [0.1, 0.15) is 39.5 Å². The lowest BCUT2D eigenvalue weighted by Gasteiger charge is -2.16. The lowest BCUT2D eigenvalue weighted by molar-refractivity contribution is -0.111. The van der Waals surface area contributed by atoms with Crippen molar-refractivity contribution in [1.29, 1.82) is 0 Å². The fraction of sp³-hybridized carbons (Fsp3) is 0.615. The van der Waals surface area contributed by atoms with E-state index in [1.807, 2.05) is 0 Å². The highest BCUT2D eigenvalue weighted by molar-refractivity contribution is 5.54. The average molecular weight is 192 g/mol. The molecule has 0 saturated heterocycles. The van der Waals surface area contributed by atoms with Crippen LogP contribution in [0.4, 0.5) is 0 Å². The number of aldehydes is 1. The van der Waals surface area contributed by atoms with Crippen LogP contribution in [-0.2, 0) is 4.79 Å². The van der Waals surface area contributed by atoms with E-state index in [1.54, 1.807) is 0 Å². The van der Waals surface area contributed by atoms with E-state index in [1.165, 1.54) is 5.57 Å². The lowest BCUT2D eigenvalue weighted by atomic mass is 9.89. The molecule has 1 aliphatic rings. The summed E-state index contributed by atoms with van der Waals surface area (Å²) in [6, 6.07) is 0. The van der Waals surface area contributed by atoms with Gasteiger partial charge in [0.15, 0.2) is 0 Å². The number of carbonyl (C=O) groups is 1. The highest BCUT2D eigenvalue weighted by atomic mass is 16.1. The summed E-state index contributed by atoms with van der Waals surface area (Å²) in [5.41, 5.74) is 1.50. The minimum atomic E-state index is 0.285. The molecule has 1 nitrogen and oxygen atoms in total. The molecule has 0 saturated carbocycles. The standard InChI is InChI=1S/C13H20O/c1-11(2)4-3-5-12-6-8-13(10-14)9-7-12/h3-4,6,10-11,13H,5,7-9H2,1-2H3/b4-3+/t13-/m1/s1. The molecule has 1 aliphatic carbocycles. The molecular formula is C13H20O. The molecule has 14 heavy (non-hydrogen) atoms. The van der Waals surface area contributed by atoms with Gasteiger partial charge in [0.2, 0.25) is 0 Å². The molecule has 0 amide bonds. The molecule has 78 valence electrons. The monoisotopic (exact) mass is 192 g/mol. The Morgan fingerprint density at radius 2 is 2.36 bits per heavy atom. The molecular weight excluding hydrogens is 172 g/mol. The van der Waals surface area contributed by atoms with Gasteiger partial charge in [0.05, 0.1) is 0 Å². The normalized spacial score (nSPS) is 22.8. The van der Waals surface area contributed by atoms with Crippen molar-refractivity contribution in [3.8, 4) is 0 Å². The van der Waals surface area contributed by atoms with Crippen LogP contribution in [0.15, 0.2) is 23.8 Å². The summed E-state index contributed by atoms with van der Waals surface area (Å²) in [5.74, 6) is 0.926. The Morgan fingerprint density at radius 1 is 1.57 bits per heavy atom. The quantitative estimate of drug-likeness (QED) is 0.492. The van der Waals surface area contributed by atoms with Crippen molar-refractivity contribution in [2.45, 2.75) is 39.5 Å². The van der Waals surface area contributed by atoms with Gasteiger partial charge in [-0.3, -0.25) is 0 Å². The molecule has 0 aromatic rings. The van der Waals surface area contributed by atoms with Crippen LogP contribution in [0.2, 0.25) is 0 Å². The molecule has 1 atom stereocenters. The Kier molecular flexibility index (Phi) is 4.64. The first-order valence-electron chi connectivity index (χ1n) is 5.52. The van der Waals surface area contributed by atoms with Gasteiger partial charge in [0.1, 0.15) is 6.29 Å². The molecule has 1 rings (SSSR count). The van der Waals surface area contributed by atoms with Crippen molar-refractivity contribution < 1.29 is 4.79 Å². The minimum absolute atomic E-state index is 0.285. The molecule has 0 aliphatic heterocycles. The fourth-order valence-corrected chi connectivity index (χ4v) is 1.71. The van der Waals surface area contributed by atoms with E-state index in [-0.39, 0.29) is 5.92 Å². The van der Waals surface area contributed by atoms with Crippen molar-refractivity contribution in [1.82, 2.24) is 0 Å². The van der Waals surface area contributed by atoms with Crippen LogP contribution in [0.5, 0.6) is 0 Å². The SMILES string of the molecule is CC(C)/C=C/CC1=CC[C@@H](C=O)CC1. The Labute approximate surface area is 86.9 Å². The Morgan fingerprint density at radius 3 is 2.86 bits per heavy atom. The third-order valence-electron chi connectivity index (χ3n) is 2.64. The van der Waals surface area contributed by atoms with Gasteiger partial charge < -0.3 is 4.79 Å². The van der Waals surface area contributed by atoms with Gasteiger partial charge in [-0.2, -0.15) is 0 Å². The maximum Gasteiger partial charge on any atom is 0.123 e. The highest BCUT2D eigenvalue weighted by Crippen LogP contribution is 2.24. The number of allylic oxidation sites excluding steroid dienone is 4. The second-order valence-electron chi connectivity index (χ2n) is 4.41. The lowest BCUT2D eigenvalue weighted by Crippen LogP contribution is -2.06. The van der Waals surface area contributed by atoms with Crippen LogP contribution in [0.25, 0.3) is 0 Å². The minimum Gasteiger partial charge on any atom is -0.303 e. The Hall–Kier alpha value is -0.850. The van der Waals surface area contributed by atoms with Crippen molar-refractivity contribution in [3.63, 3.8) is 0 Å². The summed E-state index contributed by atoms with van der Waals surface area (Å²) in [5, 5.41) is 0. The largest absolute Gasteiger partial charge is 0.303 e. The van der Waals surface area contributed by atoms with E-state index >= 15 is 0 Å². The third kappa shape index (κ3) is 3.91. The fourth-order valence-electron chi connectivity index (χ4n) is 1.71. The summed E-state index contributed by atoms with van der Waals surface area (Å²) in [6.07, 6.45) is 12.0. The maximum atomic E-state index is 10.5. The zero-order valence-corrected chi connectivity index (χ0v) is 9.20. The Balaban J connectivity index is 2.33. The first-order valence-corrected chi connectivity index (χ1v) is 5.52. The van der Waals surface area contributed by atoms with Gasteiger partial charge in [-0.05, 0) is 31.6 Å². The first kappa shape index (κ1) is 11.2. The summed E-state index contributed by atoms with van der Waals surface area (Å²) in [4.78, 5) is 10.5. The zero-order chi connectivity index (χ0) is 10.4. The molecule has 0 aromatic heterocycles. The van der Waals surface area contributed by atoms with Gasteiger partial charge in [-0.1, -0.05) is 37.6 Å². The molecule has 0 aromatic carbocycles. The van der Waals surface area contributed by atoms with Crippen molar-refractivity contribution >= 4 is 6.29 Å². The molecule has 1 heteroatoms. The van der Waals surface area contributed by atoms with Crippen LogP contribution < -0.4 is 0 Å². The predicted octanol–water partition coefficient (Wildman–Crippen LogP) is 3.51. The summed E-state index contributed by atoms with van der Waals surface area (Å²) >= 11 is 0. The number of hydrogen-bond acceptors (Lipinski definition) is 1. The number of hydrogen-bond donors (Lipinski definition) is 0. The van der Waals surface area contributed by atoms with Gasteiger partial charge in [-0.15, -0.1) is 0 Å². The smallest absolute Gasteiger partial charge is 0.123 e. The molecule has 0 N–H and O–H groups in total. The van der Waals surface area contributed by atoms with Crippen LogP contribution >= 0.6 is 0 Å². The van der Waals surface area contributed by atoms with E-state index in [0.29, 0.717) is 5.92 Å². The van der Waals surface area contributed by atoms with E-state index in [4.69, 9.17) is 0 Å². The van der Waals surface area contributed by atoms with Crippen LogP contribution in [0, 0.1) is 11.8 Å². The van der Waals surface area contributed by atoms with E-state index in [0.717, 1.165) is 32.0 Å². The Bertz CT molecular complexity index is 236. The molecule has 0 spiro atoms. The van der Waals surface area contributed by atoms with Crippen molar-refractivity contribution in [3.05, 3.63) is 23.8 Å². The average Bonchev–Trinajstić information content (AvgIpc) is 2.18. The maximum absolute atomic E-state index is 10.5. The first-order chi connectivity index (χ1) is 6.72. The van der Waals surface area contributed by atoms with Gasteiger partial charge in [0, 0.05) is 5.92 Å². The number of rotatable bonds is 4. The van der Waals surface area contributed by atoms with Gasteiger partial charge in [0.25, 0.3) is 0 Å². The molecule has 0 fully saturated rings. The van der Waals surface area contributed by atoms with Crippen LogP contribution in [-0.4, -0.2) is 6.29 Å². The van der Waals surface area contributed by atoms with E-state index < -0.39 is 0 Å². The summed E-state index contributed by atoms with van der Waals surface area (Å²) in [7, 11) is 0. The van der Waals surface area contributed by atoms with Crippen molar-refractivity contribution in [2.24, 2.45) is 11.8 Å². The number of carbonyl (C=O) groups excluding carboxylic acids is 1. The predicted molar refractivity (Wildman–Crippen MR) is 60.1 cm³/mol. The second-order valence-corrected chi connectivity index (χ2v) is 4.41. The highest BCUT2D eigenvalue weighted by Gasteiger charge is 2.11.